The second-order valence-electron chi connectivity index (χ2n) is 3.37. The van der Waals surface area contributed by atoms with Gasteiger partial charge in [0.05, 0.1) is 17.4 Å². The summed E-state index contributed by atoms with van der Waals surface area (Å²) in [5.41, 5.74) is 9.56. The van der Waals surface area contributed by atoms with E-state index in [2.05, 4.69) is 20.0 Å². The average Bonchev–Trinajstić information content (AvgIpc) is 2.28. The first-order chi connectivity index (χ1) is 7.72. The van der Waals surface area contributed by atoms with Gasteiger partial charge in [0.15, 0.2) is 0 Å². The lowest BCUT2D eigenvalue weighted by Gasteiger charge is -2.02. The molecule has 0 unspecified atom stereocenters. The maximum Gasteiger partial charge on any atom is 0.258 e. The summed E-state index contributed by atoms with van der Waals surface area (Å²) in [6.45, 7) is 1.93. The first-order valence-corrected chi connectivity index (χ1v) is 4.72. The number of aromatic nitrogens is 2. The first-order valence-electron chi connectivity index (χ1n) is 4.72. The summed E-state index contributed by atoms with van der Waals surface area (Å²) >= 11 is 0. The van der Waals surface area contributed by atoms with Gasteiger partial charge in [0.1, 0.15) is 5.82 Å². The van der Waals surface area contributed by atoms with Crippen LogP contribution in [0.15, 0.2) is 28.1 Å². The molecule has 0 atom stereocenters. The van der Waals surface area contributed by atoms with Gasteiger partial charge >= 0.3 is 0 Å². The normalized spacial score (nSPS) is 10.1. The fourth-order valence-electron chi connectivity index (χ4n) is 1.53. The van der Waals surface area contributed by atoms with Crippen LogP contribution in [0.2, 0.25) is 0 Å². The van der Waals surface area contributed by atoms with Gasteiger partial charge in [0, 0.05) is 4.91 Å². The second kappa shape index (κ2) is 4.04. The second-order valence-corrected chi connectivity index (χ2v) is 3.37. The van der Waals surface area contributed by atoms with Crippen LogP contribution in [0.25, 0.3) is 21.3 Å². The van der Waals surface area contributed by atoms with Gasteiger partial charge in [-0.1, -0.05) is 17.2 Å². The zero-order valence-corrected chi connectivity index (χ0v) is 8.64. The Morgan fingerprint density at radius 3 is 3.12 bits per heavy atom. The number of hydrogen-bond donors (Lipinski definition) is 1. The number of nitrogens with one attached hydrogen (secondary N) is 1. The topological polar surface area (TPSA) is 94.5 Å². The molecule has 0 spiro atoms. The molecule has 2 aromatic rings. The Balaban J connectivity index is 2.70. The maximum absolute atomic E-state index is 11.7. The predicted molar refractivity (Wildman–Crippen MR) is 60.0 cm³/mol. The lowest BCUT2D eigenvalue weighted by molar-refractivity contribution is 0.903. The highest BCUT2D eigenvalue weighted by atomic mass is 16.1. The van der Waals surface area contributed by atoms with E-state index in [1.54, 1.807) is 6.07 Å². The molecule has 6 heteroatoms. The summed E-state index contributed by atoms with van der Waals surface area (Å²) in [5, 5.41) is 3.91. The molecule has 80 valence electrons. The lowest BCUT2D eigenvalue weighted by atomic mass is 10.1. The molecule has 16 heavy (non-hydrogen) atoms. The third kappa shape index (κ3) is 1.74. The van der Waals surface area contributed by atoms with E-state index in [1.165, 1.54) is 0 Å². The zero-order chi connectivity index (χ0) is 11.5. The Morgan fingerprint density at radius 2 is 2.38 bits per heavy atom. The number of fused-ring (bicyclic) bond motifs is 1. The van der Waals surface area contributed by atoms with Gasteiger partial charge in [-0.25, -0.2) is 4.98 Å². The van der Waals surface area contributed by atoms with Crippen LogP contribution < -0.4 is 5.56 Å². The van der Waals surface area contributed by atoms with Crippen LogP contribution in [0.3, 0.4) is 0 Å². The van der Waals surface area contributed by atoms with Crippen molar-refractivity contribution in [1.29, 1.82) is 0 Å². The molecule has 0 saturated heterocycles. The van der Waals surface area contributed by atoms with Gasteiger partial charge in [0.2, 0.25) is 0 Å². The molecule has 2 rings (SSSR count). The molecule has 6 nitrogen and oxygen atoms in total. The molecule has 0 radical (unpaired) electrons. The zero-order valence-electron chi connectivity index (χ0n) is 8.64. The minimum atomic E-state index is -0.211. The summed E-state index contributed by atoms with van der Waals surface area (Å²) in [6.07, 6.45) is 0. The predicted octanol–water partition coefficient (Wildman–Crippen LogP) is 2.04. The highest BCUT2D eigenvalue weighted by Gasteiger charge is 2.04. The van der Waals surface area contributed by atoms with E-state index in [9.17, 15) is 4.79 Å². The summed E-state index contributed by atoms with van der Waals surface area (Å²) in [6, 6.07) is 5.40. The highest BCUT2D eigenvalue weighted by Crippen LogP contribution is 2.11. The number of nitrogens with zero attached hydrogens (tertiary/aromatic N) is 4. The van der Waals surface area contributed by atoms with Crippen molar-refractivity contribution in [3.63, 3.8) is 0 Å². The Kier molecular flexibility index (Phi) is 2.57. The van der Waals surface area contributed by atoms with Crippen molar-refractivity contribution in [2.45, 2.75) is 13.5 Å². The third-order valence-corrected chi connectivity index (χ3v) is 2.27. The van der Waals surface area contributed by atoms with E-state index in [0.29, 0.717) is 16.7 Å². The monoisotopic (exact) mass is 215 g/mol. The molecule has 0 saturated carbocycles. The quantitative estimate of drug-likeness (QED) is 0.471. The van der Waals surface area contributed by atoms with Gasteiger partial charge in [-0.3, -0.25) is 4.79 Å². The molecular formula is C10H9N5O. The van der Waals surface area contributed by atoms with Gasteiger partial charge in [-0.05, 0) is 24.1 Å². The molecule has 0 amide bonds. The van der Waals surface area contributed by atoms with Crippen LogP contribution in [0, 0.1) is 6.92 Å². The number of para-hydroxylation sites is 1. The summed E-state index contributed by atoms with van der Waals surface area (Å²) in [7, 11) is 0. The summed E-state index contributed by atoms with van der Waals surface area (Å²) < 4.78 is 0. The van der Waals surface area contributed by atoms with Crippen LogP contribution in [0.1, 0.15) is 11.4 Å². The number of aromatic amines is 1. The van der Waals surface area contributed by atoms with Gasteiger partial charge < -0.3 is 4.98 Å². The van der Waals surface area contributed by atoms with Crippen molar-refractivity contribution in [3.8, 4) is 0 Å². The van der Waals surface area contributed by atoms with E-state index >= 15 is 0 Å². The van der Waals surface area contributed by atoms with Gasteiger partial charge in [0.25, 0.3) is 5.56 Å². The molecule has 0 aliphatic heterocycles. The van der Waals surface area contributed by atoms with Crippen LogP contribution >= 0.6 is 0 Å². The van der Waals surface area contributed by atoms with E-state index in [-0.39, 0.29) is 12.1 Å². The first kappa shape index (κ1) is 10.2. The fraction of sp³-hybridized carbons (Fsp3) is 0.200. The molecule has 0 aliphatic rings. The minimum Gasteiger partial charge on any atom is -0.310 e. The minimum absolute atomic E-state index is 0.0516. The molecule has 0 bridgehead atoms. The van der Waals surface area contributed by atoms with E-state index in [4.69, 9.17) is 5.53 Å². The Bertz CT molecular complexity index is 639. The molecular weight excluding hydrogens is 206 g/mol. The van der Waals surface area contributed by atoms with Crippen molar-refractivity contribution >= 4 is 10.9 Å². The maximum atomic E-state index is 11.7. The molecule has 0 fully saturated rings. The van der Waals surface area contributed by atoms with Crippen molar-refractivity contribution < 1.29 is 0 Å². The Morgan fingerprint density at radius 1 is 1.56 bits per heavy atom. The standard InChI is InChI=1S/C10H9N5O/c1-6-3-2-4-7-9(6)13-8(5-12-15-11)14-10(7)16/h2-4H,5H2,1H3,(H,13,14,16). The van der Waals surface area contributed by atoms with Gasteiger partial charge in [-0.15, -0.1) is 0 Å². The summed E-state index contributed by atoms with van der Waals surface area (Å²) in [5.74, 6) is 0.379. The summed E-state index contributed by atoms with van der Waals surface area (Å²) in [4.78, 5) is 21.1. The average molecular weight is 215 g/mol. The number of rotatable bonds is 2. The number of H-pyrrole nitrogens is 1. The SMILES string of the molecule is Cc1cccc2c(=O)[nH]c(CN=[N+]=[N-])nc12. The number of hydrogen-bond acceptors (Lipinski definition) is 3. The Hall–Kier alpha value is -2.33. The van der Waals surface area contributed by atoms with Crippen molar-refractivity contribution in [2.24, 2.45) is 5.11 Å². The molecule has 0 aliphatic carbocycles. The van der Waals surface area contributed by atoms with Crippen LogP contribution in [0.4, 0.5) is 0 Å². The Labute approximate surface area is 90.6 Å². The smallest absolute Gasteiger partial charge is 0.258 e. The van der Waals surface area contributed by atoms with Gasteiger partial charge in [-0.2, -0.15) is 0 Å². The largest absolute Gasteiger partial charge is 0.310 e. The van der Waals surface area contributed by atoms with Crippen molar-refractivity contribution in [3.05, 3.63) is 50.4 Å². The van der Waals surface area contributed by atoms with E-state index in [1.807, 2.05) is 19.1 Å². The van der Waals surface area contributed by atoms with Crippen molar-refractivity contribution in [1.82, 2.24) is 9.97 Å². The molecule has 1 aromatic carbocycles. The molecule has 1 N–H and O–H groups in total. The highest BCUT2D eigenvalue weighted by molar-refractivity contribution is 5.80. The van der Waals surface area contributed by atoms with E-state index < -0.39 is 0 Å². The number of benzene rings is 1. The van der Waals surface area contributed by atoms with E-state index in [0.717, 1.165) is 5.56 Å². The third-order valence-electron chi connectivity index (χ3n) is 2.27. The fourth-order valence-corrected chi connectivity index (χ4v) is 1.53. The molecule has 1 aromatic heterocycles. The van der Waals surface area contributed by atoms with Crippen LogP contribution in [0.5, 0.6) is 0 Å². The number of azide groups is 1. The van der Waals surface area contributed by atoms with Crippen molar-refractivity contribution in [2.75, 3.05) is 0 Å². The lowest BCUT2D eigenvalue weighted by Crippen LogP contribution is -2.11. The molecule has 1 heterocycles. The van der Waals surface area contributed by atoms with Crippen LogP contribution in [-0.2, 0) is 6.54 Å². The van der Waals surface area contributed by atoms with Crippen LogP contribution in [-0.4, -0.2) is 9.97 Å². The number of aryl methyl sites for hydroxylation is 1.